The zero-order chi connectivity index (χ0) is 19.6. The van der Waals surface area contributed by atoms with Crippen molar-refractivity contribution in [2.24, 2.45) is 0 Å². The lowest BCUT2D eigenvalue weighted by molar-refractivity contribution is -0.120. The maximum absolute atomic E-state index is 12.6. The molecule has 2 aromatic carbocycles. The van der Waals surface area contributed by atoms with Gasteiger partial charge in [-0.1, -0.05) is 30.3 Å². The van der Waals surface area contributed by atoms with Gasteiger partial charge < -0.3 is 10.1 Å². The number of nitrogens with zero attached hydrogens (tertiary/aromatic N) is 1. The van der Waals surface area contributed by atoms with E-state index in [0.717, 1.165) is 12.0 Å². The first-order valence-electron chi connectivity index (χ1n) is 9.23. The van der Waals surface area contributed by atoms with E-state index in [1.807, 2.05) is 18.2 Å². The Labute approximate surface area is 169 Å². The number of carbonyl (C=O) groups excluding carboxylic acids is 1. The number of thioether (sulfide) groups is 1. The van der Waals surface area contributed by atoms with Crippen molar-refractivity contribution >= 4 is 27.7 Å². The third-order valence-electron chi connectivity index (χ3n) is 4.94. The van der Waals surface area contributed by atoms with Crippen LogP contribution in [-0.4, -0.2) is 50.2 Å². The van der Waals surface area contributed by atoms with Crippen LogP contribution in [0.15, 0.2) is 58.3 Å². The molecule has 4 rings (SSSR count). The third kappa shape index (κ3) is 4.10. The van der Waals surface area contributed by atoms with Gasteiger partial charge in [-0.3, -0.25) is 4.79 Å². The van der Waals surface area contributed by atoms with E-state index < -0.39 is 10.0 Å². The van der Waals surface area contributed by atoms with E-state index in [-0.39, 0.29) is 16.1 Å². The molecule has 1 fully saturated rings. The molecule has 0 aliphatic carbocycles. The van der Waals surface area contributed by atoms with Gasteiger partial charge in [0.25, 0.3) is 0 Å². The maximum atomic E-state index is 12.6. The number of morpholine rings is 1. The van der Waals surface area contributed by atoms with Crippen LogP contribution < -0.4 is 5.32 Å². The Morgan fingerprint density at radius 1 is 1.11 bits per heavy atom. The molecule has 1 atom stereocenters. The molecule has 148 valence electrons. The molecule has 2 heterocycles. The molecule has 8 heteroatoms. The minimum absolute atomic E-state index is 0.00575. The molecule has 0 saturated carbocycles. The minimum Gasteiger partial charge on any atom is -0.379 e. The Morgan fingerprint density at radius 3 is 2.54 bits per heavy atom. The first kappa shape index (κ1) is 19.4. The lowest BCUT2D eigenvalue weighted by Gasteiger charge is -2.26. The molecule has 0 radical (unpaired) electrons. The summed E-state index contributed by atoms with van der Waals surface area (Å²) in [6, 6.07) is 14.8. The molecule has 2 aromatic rings. The second kappa shape index (κ2) is 8.24. The molecule has 28 heavy (non-hydrogen) atoms. The van der Waals surface area contributed by atoms with Crippen LogP contribution in [0.25, 0.3) is 0 Å². The highest BCUT2D eigenvalue weighted by Gasteiger charge is 2.28. The maximum Gasteiger partial charge on any atom is 0.243 e. The highest BCUT2D eigenvalue weighted by Crippen LogP contribution is 2.36. The Bertz CT molecular complexity index is 929. The molecular formula is C20H22N2O4S2. The second-order valence-electron chi connectivity index (χ2n) is 6.80. The SMILES string of the molecule is O=C(NCc1ccc(S(=O)(=O)N2CCOCC2)cc1)[C@@H]1Cc2ccccc2S1. The Balaban J connectivity index is 1.34. The van der Waals surface area contributed by atoms with Crippen molar-refractivity contribution < 1.29 is 17.9 Å². The molecule has 0 spiro atoms. The van der Waals surface area contributed by atoms with Gasteiger partial charge in [-0.25, -0.2) is 8.42 Å². The molecule has 6 nitrogen and oxygen atoms in total. The number of fused-ring (bicyclic) bond motifs is 1. The van der Waals surface area contributed by atoms with E-state index >= 15 is 0 Å². The lowest BCUT2D eigenvalue weighted by Crippen LogP contribution is -2.40. The van der Waals surface area contributed by atoms with Crippen molar-refractivity contribution in [1.29, 1.82) is 0 Å². The van der Waals surface area contributed by atoms with Gasteiger partial charge in [0.2, 0.25) is 15.9 Å². The van der Waals surface area contributed by atoms with Gasteiger partial charge in [-0.05, 0) is 35.7 Å². The Kier molecular flexibility index (Phi) is 5.73. The predicted molar refractivity (Wildman–Crippen MR) is 108 cm³/mol. The number of benzene rings is 2. The normalized spacial score (nSPS) is 19.9. The molecule has 2 aliphatic rings. The second-order valence-corrected chi connectivity index (χ2v) is 9.98. The fraction of sp³-hybridized carbons (Fsp3) is 0.350. The van der Waals surface area contributed by atoms with E-state index in [2.05, 4.69) is 11.4 Å². The average molecular weight is 419 g/mol. The van der Waals surface area contributed by atoms with Crippen LogP contribution in [0.1, 0.15) is 11.1 Å². The first-order valence-corrected chi connectivity index (χ1v) is 11.5. The van der Waals surface area contributed by atoms with Crippen LogP contribution in [-0.2, 0) is 32.5 Å². The summed E-state index contributed by atoms with van der Waals surface area (Å²) < 4.78 is 32.0. The van der Waals surface area contributed by atoms with E-state index in [9.17, 15) is 13.2 Å². The van der Waals surface area contributed by atoms with Crippen molar-refractivity contribution in [3.8, 4) is 0 Å². The smallest absolute Gasteiger partial charge is 0.243 e. The van der Waals surface area contributed by atoms with Gasteiger partial charge in [0, 0.05) is 24.5 Å². The van der Waals surface area contributed by atoms with Gasteiger partial charge in [-0.15, -0.1) is 11.8 Å². The van der Waals surface area contributed by atoms with Crippen LogP contribution in [0.4, 0.5) is 0 Å². The van der Waals surface area contributed by atoms with E-state index in [0.29, 0.717) is 32.8 Å². The molecule has 1 saturated heterocycles. The summed E-state index contributed by atoms with van der Waals surface area (Å²) in [6.45, 7) is 1.98. The van der Waals surface area contributed by atoms with Gasteiger partial charge in [0.1, 0.15) is 0 Å². The van der Waals surface area contributed by atoms with E-state index in [4.69, 9.17) is 4.74 Å². The number of hydrogen-bond acceptors (Lipinski definition) is 5. The van der Waals surface area contributed by atoms with Gasteiger partial charge in [-0.2, -0.15) is 4.31 Å². The summed E-state index contributed by atoms with van der Waals surface area (Å²) in [4.78, 5) is 13.9. The van der Waals surface area contributed by atoms with Crippen molar-refractivity contribution in [2.75, 3.05) is 26.3 Å². The fourth-order valence-corrected chi connectivity index (χ4v) is 5.97. The number of sulfonamides is 1. The van der Waals surface area contributed by atoms with Crippen LogP contribution in [0.3, 0.4) is 0 Å². The van der Waals surface area contributed by atoms with Gasteiger partial charge >= 0.3 is 0 Å². The Hall–Kier alpha value is -1.87. The van der Waals surface area contributed by atoms with Crippen LogP contribution >= 0.6 is 11.8 Å². The molecular weight excluding hydrogens is 396 g/mol. The molecule has 0 bridgehead atoms. The van der Waals surface area contributed by atoms with Crippen LogP contribution in [0.5, 0.6) is 0 Å². The number of amides is 1. The van der Waals surface area contributed by atoms with E-state index in [1.54, 1.807) is 36.0 Å². The summed E-state index contributed by atoms with van der Waals surface area (Å²) in [5.74, 6) is 0.00575. The molecule has 1 amide bonds. The van der Waals surface area contributed by atoms with Crippen molar-refractivity contribution in [2.45, 2.75) is 28.0 Å². The largest absolute Gasteiger partial charge is 0.379 e. The first-order chi connectivity index (χ1) is 13.5. The summed E-state index contributed by atoms with van der Waals surface area (Å²) in [7, 11) is -3.49. The summed E-state index contributed by atoms with van der Waals surface area (Å²) >= 11 is 1.59. The summed E-state index contributed by atoms with van der Waals surface area (Å²) in [6.07, 6.45) is 0.739. The molecule has 0 aromatic heterocycles. The number of rotatable bonds is 5. The van der Waals surface area contributed by atoms with Gasteiger partial charge in [0.15, 0.2) is 0 Å². The summed E-state index contributed by atoms with van der Waals surface area (Å²) in [5, 5.41) is 2.85. The lowest BCUT2D eigenvalue weighted by atomic mass is 10.1. The van der Waals surface area contributed by atoms with E-state index in [1.165, 1.54) is 14.8 Å². The van der Waals surface area contributed by atoms with Crippen LogP contribution in [0, 0.1) is 0 Å². The third-order valence-corrected chi connectivity index (χ3v) is 8.17. The number of ether oxygens (including phenoxy) is 1. The molecule has 1 N–H and O–H groups in total. The van der Waals surface area contributed by atoms with Gasteiger partial charge in [0.05, 0.1) is 23.4 Å². The predicted octanol–water partition coefficient (Wildman–Crippen LogP) is 2.04. The zero-order valence-electron chi connectivity index (χ0n) is 15.3. The minimum atomic E-state index is -3.49. The molecule has 0 unspecified atom stereocenters. The quantitative estimate of drug-likeness (QED) is 0.804. The average Bonchev–Trinajstić information content (AvgIpc) is 3.17. The summed E-state index contributed by atoms with van der Waals surface area (Å²) in [5.41, 5.74) is 2.08. The van der Waals surface area contributed by atoms with Crippen molar-refractivity contribution in [3.63, 3.8) is 0 Å². The highest BCUT2D eigenvalue weighted by molar-refractivity contribution is 8.01. The number of hydrogen-bond donors (Lipinski definition) is 1. The van der Waals surface area contributed by atoms with Crippen molar-refractivity contribution in [3.05, 3.63) is 59.7 Å². The Morgan fingerprint density at radius 2 is 1.82 bits per heavy atom. The zero-order valence-corrected chi connectivity index (χ0v) is 17.0. The number of carbonyl (C=O) groups is 1. The van der Waals surface area contributed by atoms with Crippen LogP contribution in [0.2, 0.25) is 0 Å². The monoisotopic (exact) mass is 418 g/mol. The fourth-order valence-electron chi connectivity index (χ4n) is 3.35. The highest BCUT2D eigenvalue weighted by atomic mass is 32.2. The standard InChI is InChI=1S/C20H22N2O4S2/c23-20(19-13-16-3-1-2-4-18(16)27-19)21-14-15-5-7-17(8-6-15)28(24,25)22-9-11-26-12-10-22/h1-8,19H,9-14H2,(H,21,23)/t19-/m0/s1. The van der Waals surface area contributed by atoms with Crippen molar-refractivity contribution in [1.82, 2.24) is 9.62 Å². The topological polar surface area (TPSA) is 75.7 Å². The number of nitrogens with one attached hydrogen (secondary N) is 1. The molecule has 2 aliphatic heterocycles.